The van der Waals surface area contributed by atoms with Crippen LogP contribution in [0.2, 0.25) is 0 Å². The van der Waals surface area contributed by atoms with Crippen molar-refractivity contribution < 1.29 is 9.32 Å². The molecule has 106 valence electrons. The topological polar surface area (TPSA) is 59.2 Å². The number of carbonyl (C=O) groups is 1. The Kier molecular flexibility index (Phi) is 3.56. The van der Waals surface area contributed by atoms with Crippen LogP contribution in [0.25, 0.3) is 0 Å². The van der Waals surface area contributed by atoms with E-state index in [1.165, 1.54) is 23.3 Å². The smallest absolute Gasteiger partial charge is 0.275 e. The van der Waals surface area contributed by atoms with E-state index in [-0.39, 0.29) is 5.91 Å². The van der Waals surface area contributed by atoms with Crippen LogP contribution >= 0.6 is 11.3 Å². The van der Waals surface area contributed by atoms with Crippen LogP contribution in [0.1, 0.15) is 44.8 Å². The molecule has 0 saturated heterocycles. The number of hydrogen-bond acceptors (Lipinski definition) is 5. The predicted molar refractivity (Wildman–Crippen MR) is 76.0 cm³/mol. The molecule has 5 nitrogen and oxygen atoms in total. The van der Waals surface area contributed by atoms with Gasteiger partial charge in [0, 0.05) is 30.5 Å². The largest absolute Gasteiger partial charge is 0.364 e. The number of rotatable bonds is 3. The molecule has 0 saturated carbocycles. The third-order valence-electron chi connectivity index (χ3n) is 3.68. The average Bonchev–Trinajstić information content (AvgIpc) is 3.06. The second-order valence-electron chi connectivity index (χ2n) is 5.20. The summed E-state index contributed by atoms with van der Waals surface area (Å²) in [4.78, 5) is 19.9. The van der Waals surface area contributed by atoms with Crippen molar-refractivity contribution in [3.8, 4) is 0 Å². The van der Waals surface area contributed by atoms with Crippen LogP contribution in [0.3, 0.4) is 0 Å². The molecule has 0 fully saturated rings. The summed E-state index contributed by atoms with van der Waals surface area (Å²) < 4.78 is 4.73. The third kappa shape index (κ3) is 2.47. The van der Waals surface area contributed by atoms with E-state index in [1.807, 2.05) is 14.0 Å². The van der Waals surface area contributed by atoms with Crippen LogP contribution < -0.4 is 0 Å². The normalized spacial score (nSPS) is 17.8. The highest BCUT2D eigenvalue weighted by Gasteiger charge is 2.27. The molecular weight excluding hydrogens is 274 g/mol. The molecule has 3 rings (SSSR count). The molecule has 2 aromatic heterocycles. The predicted octanol–water partition coefficient (Wildman–Crippen LogP) is 2.63. The molecular formula is C14H17N3O2S. The standard InChI is InChI=1S/C14H17N3O2S/c1-9-15-13-10(4-3-5-12(13)20-9)8-17(2)14(18)11-6-7-19-16-11/h6-7,10H,3-5,8H2,1-2H3/t10-/m0/s1. The Labute approximate surface area is 121 Å². The van der Waals surface area contributed by atoms with Crippen molar-refractivity contribution >= 4 is 17.2 Å². The van der Waals surface area contributed by atoms with Crippen molar-refractivity contribution in [2.45, 2.75) is 32.1 Å². The van der Waals surface area contributed by atoms with Crippen LogP contribution in [0.4, 0.5) is 0 Å². The fourth-order valence-corrected chi connectivity index (χ4v) is 3.80. The quantitative estimate of drug-likeness (QED) is 0.872. The lowest BCUT2D eigenvalue weighted by Crippen LogP contribution is -2.32. The van der Waals surface area contributed by atoms with Gasteiger partial charge >= 0.3 is 0 Å². The first-order chi connectivity index (χ1) is 9.65. The summed E-state index contributed by atoms with van der Waals surface area (Å²) in [5.41, 5.74) is 1.55. The first kappa shape index (κ1) is 13.3. The fraction of sp³-hybridized carbons (Fsp3) is 0.500. The minimum Gasteiger partial charge on any atom is -0.364 e. The highest BCUT2D eigenvalue weighted by atomic mass is 32.1. The van der Waals surface area contributed by atoms with Crippen molar-refractivity contribution in [1.82, 2.24) is 15.0 Å². The lowest BCUT2D eigenvalue weighted by Gasteiger charge is -2.26. The van der Waals surface area contributed by atoms with Gasteiger partial charge < -0.3 is 9.42 Å². The Hall–Kier alpha value is -1.69. The van der Waals surface area contributed by atoms with E-state index in [0.29, 0.717) is 18.2 Å². The summed E-state index contributed by atoms with van der Waals surface area (Å²) in [6.45, 7) is 2.73. The minimum atomic E-state index is -0.0992. The van der Waals surface area contributed by atoms with Crippen molar-refractivity contribution in [2.75, 3.05) is 13.6 Å². The summed E-state index contributed by atoms with van der Waals surface area (Å²) >= 11 is 1.79. The Balaban J connectivity index is 1.74. The summed E-state index contributed by atoms with van der Waals surface area (Å²) in [7, 11) is 1.81. The number of aryl methyl sites for hydroxylation is 2. The Morgan fingerprint density at radius 3 is 3.20 bits per heavy atom. The lowest BCUT2D eigenvalue weighted by molar-refractivity contribution is 0.0772. The molecule has 0 radical (unpaired) electrons. The molecule has 0 aliphatic heterocycles. The highest BCUT2D eigenvalue weighted by Crippen LogP contribution is 2.35. The molecule has 1 aliphatic rings. The van der Waals surface area contributed by atoms with Gasteiger partial charge in [0.05, 0.1) is 10.7 Å². The molecule has 20 heavy (non-hydrogen) atoms. The Morgan fingerprint density at radius 2 is 2.45 bits per heavy atom. The first-order valence-corrected chi connectivity index (χ1v) is 7.59. The van der Waals surface area contributed by atoms with Gasteiger partial charge in [-0.2, -0.15) is 0 Å². The number of hydrogen-bond donors (Lipinski definition) is 0. The van der Waals surface area contributed by atoms with Crippen LogP contribution in [0.15, 0.2) is 16.9 Å². The molecule has 1 atom stereocenters. The van der Waals surface area contributed by atoms with Crippen molar-refractivity contribution in [3.05, 3.63) is 33.6 Å². The minimum absolute atomic E-state index is 0.0992. The number of likely N-dealkylation sites (N-methyl/N-ethyl adjacent to an activating group) is 1. The maximum Gasteiger partial charge on any atom is 0.275 e. The average molecular weight is 291 g/mol. The number of aromatic nitrogens is 2. The molecule has 0 aromatic carbocycles. The summed E-state index contributed by atoms with van der Waals surface area (Å²) in [5, 5.41) is 4.82. The van der Waals surface area contributed by atoms with Crippen molar-refractivity contribution in [1.29, 1.82) is 0 Å². The van der Waals surface area contributed by atoms with E-state index in [9.17, 15) is 4.79 Å². The monoisotopic (exact) mass is 291 g/mol. The van der Waals surface area contributed by atoms with Crippen molar-refractivity contribution in [3.63, 3.8) is 0 Å². The molecule has 2 aromatic rings. The van der Waals surface area contributed by atoms with E-state index in [0.717, 1.165) is 17.8 Å². The van der Waals surface area contributed by atoms with Gasteiger partial charge in [0.25, 0.3) is 5.91 Å². The molecule has 6 heteroatoms. The van der Waals surface area contributed by atoms with E-state index >= 15 is 0 Å². The van der Waals surface area contributed by atoms with E-state index in [4.69, 9.17) is 4.52 Å². The third-order valence-corrected chi connectivity index (χ3v) is 4.72. The summed E-state index contributed by atoms with van der Waals surface area (Å²) in [6.07, 6.45) is 4.81. The van der Waals surface area contributed by atoms with Crippen LogP contribution in [0, 0.1) is 6.92 Å². The second kappa shape index (κ2) is 5.36. The lowest BCUT2D eigenvalue weighted by atomic mass is 9.90. The van der Waals surface area contributed by atoms with Gasteiger partial charge in [-0.1, -0.05) is 5.16 Å². The molecule has 0 bridgehead atoms. The van der Waals surface area contributed by atoms with E-state index < -0.39 is 0 Å². The molecule has 1 aliphatic carbocycles. The van der Waals surface area contributed by atoms with Crippen LogP contribution in [-0.2, 0) is 6.42 Å². The number of fused-ring (bicyclic) bond motifs is 1. The van der Waals surface area contributed by atoms with Gasteiger partial charge in [0.2, 0.25) is 0 Å². The molecule has 0 unspecified atom stereocenters. The van der Waals surface area contributed by atoms with Gasteiger partial charge in [0.15, 0.2) is 5.69 Å². The summed E-state index contributed by atoms with van der Waals surface area (Å²) in [5.74, 6) is 0.238. The van der Waals surface area contributed by atoms with Gasteiger partial charge in [-0.25, -0.2) is 4.98 Å². The molecule has 1 amide bonds. The van der Waals surface area contributed by atoms with Gasteiger partial charge in [-0.15, -0.1) is 11.3 Å². The van der Waals surface area contributed by atoms with E-state index in [2.05, 4.69) is 10.1 Å². The molecule has 2 heterocycles. The zero-order valence-corrected chi connectivity index (χ0v) is 12.4. The molecule has 0 spiro atoms. The zero-order valence-electron chi connectivity index (χ0n) is 11.6. The zero-order chi connectivity index (χ0) is 14.1. The van der Waals surface area contributed by atoms with Crippen LogP contribution in [0.5, 0.6) is 0 Å². The number of carbonyl (C=O) groups excluding carboxylic acids is 1. The fourth-order valence-electron chi connectivity index (χ4n) is 2.74. The molecule has 0 N–H and O–H groups in total. The van der Waals surface area contributed by atoms with Gasteiger partial charge in [0.1, 0.15) is 6.26 Å². The maximum absolute atomic E-state index is 12.2. The van der Waals surface area contributed by atoms with Gasteiger partial charge in [-0.3, -0.25) is 4.79 Å². The number of nitrogens with zero attached hydrogens (tertiary/aromatic N) is 3. The maximum atomic E-state index is 12.2. The first-order valence-electron chi connectivity index (χ1n) is 6.77. The SMILES string of the molecule is Cc1nc2c(s1)CCC[C@H]2CN(C)C(=O)c1ccon1. The van der Waals surface area contributed by atoms with E-state index in [1.54, 1.807) is 22.3 Å². The van der Waals surface area contributed by atoms with Gasteiger partial charge in [-0.05, 0) is 26.2 Å². The van der Waals surface area contributed by atoms with Crippen molar-refractivity contribution in [2.24, 2.45) is 0 Å². The van der Waals surface area contributed by atoms with Crippen LogP contribution in [-0.4, -0.2) is 34.5 Å². The second-order valence-corrected chi connectivity index (χ2v) is 6.49. The number of thiazole rings is 1. The summed E-state index contributed by atoms with van der Waals surface area (Å²) in [6, 6.07) is 1.60. The Bertz CT molecular complexity index is 606. The number of amides is 1. The highest BCUT2D eigenvalue weighted by molar-refractivity contribution is 7.11. The Morgan fingerprint density at radius 1 is 1.60 bits per heavy atom.